The number of carbonyl (C=O) groups excluding carboxylic acids is 1. The molecule has 0 aromatic carbocycles. The van der Waals surface area contributed by atoms with E-state index in [1.54, 1.807) is 0 Å². The summed E-state index contributed by atoms with van der Waals surface area (Å²) < 4.78 is 82.8. The van der Waals surface area contributed by atoms with Gasteiger partial charge in [-0.3, -0.25) is 13.2 Å². The summed E-state index contributed by atoms with van der Waals surface area (Å²) in [6.45, 7) is -1.91. The van der Waals surface area contributed by atoms with Crippen molar-refractivity contribution in [3.05, 3.63) is 0 Å². The van der Waals surface area contributed by atoms with Crippen LogP contribution in [0.25, 0.3) is 0 Å². The van der Waals surface area contributed by atoms with Crippen LogP contribution < -0.4 is 5.32 Å². The van der Waals surface area contributed by atoms with Crippen molar-refractivity contribution in [1.29, 1.82) is 0 Å². The van der Waals surface area contributed by atoms with Crippen LogP contribution in [-0.4, -0.2) is 110 Å². The summed E-state index contributed by atoms with van der Waals surface area (Å²) in [6, 6.07) is -1.41. The molecule has 29 heavy (non-hydrogen) atoms. The minimum absolute atomic E-state index is 0.285. The summed E-state index contributed by atoms with van der Waals surface area (Å²) in [5, 5.41) is 31.4. The Bertz CT molecular complexity index is 784. The van der Waals surface area contributed by atoms with Gasteiger partial charge < -0.3 is 39.2 Å². The van der Waals surface area contributed by atoms with Gasteiger partial charge >= 0.3 is 0 Å². The van der Waals surface area contributed by atoms with Gasteiger partial charge in [0.15, 0.2) is 0 Å². The Morgan fingerprint density at radius 2 is 1.69 bits per heavy atom. The van der Waals surface area contributed by atoms with Gasteiger partial charge in [0.1, 0.15) is 30.5 Å². The first-order valence-corrected chi connectivity index (χ1v) is 10.8. The first-order chi connectivity index (χ1) is 13.3. The second kappa shape index (κ2) is 9.43. The first kappa shape index (κ1) is 24.3. The molecule has 0 aromatic rings. The van der Waals surface area contributed by atoms with E-state index in [2.05, 4.69) is 13.7 Å². The largest absolute Gasteiger partial charge is 0.726 e. The maximum Gasteiger partial charge on any atom is 0.249 e. The highest BCUT2D eigenvalue weighted by Gasteiger charge is 2.44. The molecule has 7 atom stereocenters. The smallest absolute Gasteiger partial charge is 0.249 e. The summed E-state index contributed by atoms with van der Waals surface area (Å²) in [6.07, 6.45) is -9.43. The van der Waals surface area contributed by atoms with Crippen LogP contribution in [0.4, 0.5) is 0 Å². The van der Waals surface area contributed by atoms with E-state index < -0.39 is 82.6 Å². The van der Waals surface area contributed by atoms with Crippen LogP contribution >= 0.6 is 0 Å². The van der Waals surface area contributed by atoms with Gasteiger partial charge in [0, 0.05) is 6.42 Å². The Labute approximate surface area is 165 Å². The third kappa shape index (κ3) is 7.33. The van der Waals surface area contributed by atoms with Crippen molar-refractivity contribution >= 4 is 26.7 Å². The number of hydrogen-bond acceptors (Lipinski definition) is 14. The van der Waals surface area contributed by atoms with Crippen molar-refractivity contribution in [3.8, 4) is 0 Å². The van der Waals surface area contributed by atoms with Crippen LogP contribution in [0.2, 0.25) is 0 Å². The fraction of sp³-hybridized carbons (Fsp3) is 0.917. The molecule has 2 aliphatic heterocycles. The Morgan fingerprint density at radius 3 is 2.24 bits per heavy atom. The number of rotatable bonds is 7. The predicted octanol–water partition coefficient (Wildman–Crippen LogP) is -4.94. The highest BCUT2D eigenvalue weighted by atomic mass is 32.3. The van der Waals surface area contributed by atoms with Crippen molar-refractivity contribution < 1.29 is 63.9 Å². The van der Waals surface area contributed by atoms with E-state index in [1.165, 1.54) is 0 Å². The van der Waals surface area contributed by atoms with E-state index in [9.17, 15) is 46.1 Å². The molecule has 2 saturated heterocycles. The standard InChI is InChI=1S/C12H21NO14S2/c14-6-1-8(25-3-7(6)15)12(17)13-5-2-24-9(4-26-28(18,19)20)10(16)11(5)27-29(21,22)23/h5-11,14-16H,1-4H2,(H,13,17)(H,18,19,20)(H,21,22,23)/p-2/t5?,6-,7?,8?,9?,10-,11+/m1/s1. The second-order valence-electron chi connectivity index (χ2n) is 6.33. The van der Waals surface area contributed by atoms with Gasteiger partial charge in [0.25, 0.3) is 0 Å². The molecule has 4 unspecified atom stereocenters. The van der Waals surface area contributed by atoms with Crippen molar-refractivity contribution in [2.45, 2.75) is 49.1 Å². The SMILES string of the molecule is O=C(NC1COC(COS(=O)(=O)[O-])[C@@H](O)[C@H]1OS(=O)(=O)[O-])C1C[C@@H](O)C(O)CO1. The lowest BCUT2D eigenvalue weighted by Gasteiger charge is -2.40. The molecule has 0 radical (unpaired) electrons. The minimum atomic E-state index is -5.38. The third-order valence-electron chi connectivity index (χ3n) is 4.20. The molecule has 1 amide bonds. The fourth-order valence-corrected chi connectivity index (χ4v) is 3.60. The first-order valence-electron chi connectivity index (χ1n) is 8.09. The van der Waals surface area contributed by atoms with Gasteiger partial charge in [-0.05, 0) is 0 Å². The molecule has 17 heteroatoms. The average Bonchev–Trinajstić information content (AvgIpc) is 2.58. The molecule has 2 rings (SSSR count). The maximum atomic E-state index is 12.3. The van der Waals surface area contributed by atoms with Crippen LogP contribution in [-0.2, 0) is 43.4 Å². The zero-order chi connectivity index (χ0) is 22.0. The Balaban J connectivity index is 2.08. The van der Waals surface area contributed by atoms with Crippen molar-refractivity contribution in [2.75, 3.05) is 19.8 Å². The molecule has 0 aromatic heterocycles. The molecule has 2 aliphatic rings. The summed E-state index contributed by atoms with van der Waals surface area (Å²) in [5.41, 5.74) is 0. The van der Waals surface area contributed by atoms with E-state index in [-0.39, 0.29) is 13.0 Å². The van der Waals surface area contributed by atoms with Crippen LogP contribution in [0.3, 0.4) is 0 Å². The number of amides is 1. The van der Waals surface area contributed by atoms with Gasteiger partial charge in [-0.1, -0.05) is 0 Å². The van der Waals surface area contributed by atoms with Crippen LogP contribution in [0.5, 0.6) is 0 Å². The highest BCUT2D eigenvalue weighted by molar-refractivity contribution is 7.81. The van der Waals surface area contributed by atoms with Gasteiger partial charge in [0.05, 0.1) is 32.0 Å². The van der Waals surface area contributed by atoms with Crippen LogP contribution in [0.15, 0.2) is 0 Å². The minimum Gasteiger partial charge on any atom is -0.726 e. The van der Waals surface area contributed by atoms with Crippen molar-refractivity contribution in [3.63, 3.8) is 0 Å². The number of carbonyl (C=O) groups is 1. The summed E-state index contributed by atoms with van der Waals surface area (Å²) in [7, 11) is -10.5. The lowest BCUT2D eigenvalue weighted by atomic mass is 9.97. The quantitative estimate of drug-likeness (QED) is 0.203. The fourth-order valence-electron chi connectivity index (χ4n) is 2.78. The van der Waals surface area contributed by atoms with Crippen molar-refractivity contribution in [1.82, 2.24) is 5.32 Å². The molecule has 4 N–H and O–H groups in total. The van der Waals surface area contributed by atoms with Gasteiger partial charge in [-0.15, -0.1) is 0 Å². The molecular formula is C12H19NO14S2-2. The van der Waals surface area contributed by atoms with E-state index in [0.717, 1.165) is 0 Å². The normalized spacial score (nSPS) is 36.5. The van der Waals surface area contributed by atoms with Crippen LogP contribution in [0, 0.1) is 0 Å². The molecule has 170 valence electrons. The van der Waals surface area contributed by atoms with E-state index >= 15 is 0 Å². The maximum absolute atomic E-state index is 12.3. The van der Waals surface area contributed by atoms with E-state index in [4.69, 9.17) is 9.47 Å². The molecule has 2 heterocycles. The summed E-state index contributed by atoms with van der Waals surface area (Å²) in [4.78, 5) is 12.3. The zero-order valence-electron chi connectivity index (χ0n) is 14.5. The number of hydrogen-bond donors (Lipinski definition) is 4. The topological polar surface area (TPSA) is 241 Å². The average molecular weight is 465 g/mol. The van der Waals surface area contributed by atoms with Crippen LogP contribution in [0.1, 0.15) is 6.42 Å². The van der Waals surface area contributed by atoms with E-state index in [0.29, 0.717) is 0 Å². The second-order valence-corrected chi connectivity index (χ2v) is 8.39. The summed E-state index contributed by atoms with van der Waals surface area (Å²) >= 11 is 0. The highest BCUT2D eigenvalue weighted by Crippen LogP contribution is 2.22. The Hall–Kier alpha value is -0.990. The molecular weight excluding hydrogens is 446 g/mol. The van der Waals surface area contributed by atoms with Gasteiger partial charge in [-0.2, -0.15) is 0 Å². The lowest BCUT2D eigenvalue weighted by Crippen LogP contribution is -2.63. The number of nitrogens with one attached hydrogen (secondary N) is 1. The molecule has 0 bridgehead atoms. The number of ether oxygens (including phenoxy) is 2. The van der Waals surface area contributed by atoms with Gasteiger partial charge in [0.2, 0.25) is 26.7 Å². The van der Waals surface area contributed by atoms with E-state index in [1.807, 2.05) is 0 Å². The number of aliphatic hydroxyl groups excluding tert-OH is 3. The van der Waals surface area contributed by atoms with Gasteiger partial charge in [-0.25, -0.2) is 16.8 Å². The molecule has 15 nitrogen and oxygen atoms in total. The molecule has 2 fully saturated rings. The van der Waals surface area contributed by atoms with Crippen molar-refractivity contribution in [2.24, 2.45) is 0 Å². The predicted molar refractivity (Wildman–Crippen MR) is 84.3 cm³/mol. The molecule has 0 spiro atoms. The third-order valence-corrected chi connectivity index (χ3v) is 5.08. The lowest BCUT2D eigenvalue weighted by molar-refractivity contribution is -0.167. The zero-order valence-corrected chi connectivity index (χ0v) is 16.2. The molecule has 0 aliphatic carbocycles. The monoisotopic (exact) mass is 465 g/mol. The Morgan fingerprint density at radius 1 is 1.03 bits per heavy atom. The molecule has 0 saturated carbocycles. The Kier molecular flexibility index (Phi) is 7.90. The summed E-state index contributed by atoms with van der Waals surface area (Å²) in [5.74, 6) is -0.884. The number of aliphatic hydroxyl groups is 3.